The maximum Gasteiger partial charge on any atom is 0.258 e. The predicted molar refractivity (Wildman–Crippen MR) is 134 cm³/mol. The van der Waals surface area contributed by atoms with Gasteiger partial charge in [0.1, 0.15) is 0 Å². The summed E-state index contributed by atoms with van der Waals surface area (Å²) in [5.74, 6) is 1.26. The van der Waals surface area contributed by atoms with Crippen LogP contribution in [0.25, 0.3) is 16.2 Å². The molecule has 4 aromatic rings. The van der Waals surface area contributed by atoms with E-state index in [0.717, 1.165) is 16.8 Å². The molecule has 0 spiro atoms. The maximum atomic E-state index is 13.1. The monoisotopic (exact) mass is 480 g/mol. The van der Waals surface area contributed by atoms with Gasteiger partial charge in [-0.3, -0.25) is 10.1 Å². The molecule has 0 saturated carbocycles. The number of nitrogens with zero attached hydrogens (tertiary/aromatic N) is 3. The summed E-state index contributed by atoms with van der Waals surface area (Å²) in [4.78, 5) is 18.3. The van der Waals surface area contributed by atoms with E-state index >= 15 is 0 Å². The zero-order valence-corrected chi connectivity index (χ0v) is 20.8. The molecule has 2 aromatic heterocycles. The number of ether oxygens (including phenoxy) is 3. The van der Waals surface area contributed by atoms with Crippen LogP contribution in [0.15, 0.2) is 35.7 Å². The van der Waals surface area contributed by atoms with E-state index in [4.69, 9.17) is 14.2 Å². The van der Waals surface area contributed by atoms with Crippen molar-refractivity contribution >= 4 is 28.2 Å². The molecule has 0 aliphatic rings. The molecule has 2 heterocycles. The van der Waals surface area contributed by atoms with Gasteiger partial charge in [0.15, 0.2) is 11.5 Å². The Morgan fingerprint density at radius 1 is 1.00 bits per heavy atom. The first-order valence-electron chi connectivity index (χ1n) is 11.2. The van der Waals surface area contributed by atoms with Crippen LogP contribution in [-0.2, 0) is 0 Å². The molecule has 178 valence electrons. The van der Waals surface area contributed by atoms with Crippen molar-refractivity contribution < 1.29 is 19.0 Å². The number of fused-ring (bicyclic) bond motifs is 1. The summed E-state index contributed by atoms with van der Waals surface area (Å²) in [5, 5.41) is 9.36. The second kappa shape index (κ2) is 10.1. The molecule has 0 aliphatic heterocycles. The first-order chi connectivity index (χ1) is 16.4. The average Bonchev–Trinajstić information content (AvgIpc) is 3.36. The van der Waals surface area contributed by atoms with E-state index in [9.17, 15) is 4.79 Å². The Morgan fingerprint density at radius 3 is 2.29 bits per heavy atom. The number of nitrogens with one attached hydrogen (secondary N) is 1. The highest BCUT2D eigenvalue weighted by Gasteiger charge is 2.20. The average molecular weight is 481 g/mol. The van der Waals surface area contributed by atoms with Gasteiger partial charge < -0.3 is 14.2 Å². The fraction of sp³-hybridized carbons (Fsp3) is 0.320. The quantitative estimate of drug-likeness (QED) is 0.339. The number of hydrogen-bond acceptors (Lipinski definition) is 7. The van der Waals surface area contributed by atoms with Crippen molar-refractivity contribution in [1.82, 2.24) is 14.6 Å². The van der Waals surface area contributed by atoms with Crippen molar-refractivity contribution in [2.24, 2.45) is 0 Å². The molecule has 0 atom stereocenters. The Balaban J connectivity index is 1.65. The molecule has 4 rings (SSSR count). The third-order valence-electron chi connectivity index (χ3n) is 5.14. The Labute approximate surface area is 202 Å². The smallest absolute Gasteiger partial charge is 0.258 e. The number of carbonyl (C=O) groups excluding carboxylic acids is 1. The van der Waals surface area contributed by atoms with Gasteiger partial charge in [-0.15, -0.1) is 16.4 Å². The molecular weight excluding hydrogens is 452 g/mol. The molecule has 8 nitrogen and oxygen atoms in total. The van der Waals surface area contributed by atoms with Gasteiger partial charge in [0.25, 0.3) is 11.9 Å². The van der Waals surface area contributed by atoms with Gasteiger partial charge in [-0.1, -0.05) is 23.8 Å². The summed E-state index contributed by atoms with van der Waals surface area (Å²) in [6, 6.07) is 9.58. The van der Waals surface area contributed by atoms with Crippen molar-refractivity contribution in [2.75, 3.05) is 25.1 Å². The van der Waals surface area contributed by atoms with E-state index in [2.05, 4.69) is 47.4 Å². The molecule has 2 aromatic carbocycles. The molecule has 1 N–H and O–H groups in total. The van der Waals surface area contributed by atoms with Gasteiger partial charge in [0, 0.05) is 16.5 Å². The SMILES string of the molecule is CCOc1cc(C(=O)Nc2nc3scc(-c4ccc(C)cc4C)n3n2)cc(OCC)c1OCC. The van der Waals surface area contributed by atoms with Crippen LogP contribution >= 0.6 is 11.3 Å². The van der Waals surface area contributed by atoms with Gasteiger partial charge in [-0.05, 0) is 52.3 Å². The lowest BCUT2D eigenvalue weighted by Crippen LogP contribution is -2.14. The standard InChI is InChI=1S/C25H28N4O4S/c1-6-31-20-12-17(13-21(32-7-2)22(20)33-8-3)23(30)26-24-27-25-29(28-24)19(14-34-25)18-10-9-15(4)11-16(18)5/h9-14H,6-8H2,1-5H3,(H,26,28,30). The van der Waals surface area contributed by atoms with E-state index in [1.165, 1.54) is 16.9 Å². The Bertz CT molecular complexity index is 1300. The minimum absolute atomic E-state index is 0.229. The van der Waals surface area contributed by atoms with Gasteiger partial charge in [-0.25, -0.2) is 4.52 Å². The van der Waals surface area contributed by atoms with Gasteiger partial charge in [0.2, 0.25) is 10.7 Å². The highest BCUT2D eigenvalue weighted by atomic mass is 32.1. The van der Waals surface area contributed by atoms with Crippen LogP contribution in [0, 0.1) is 13.8 Å². The Hall–Kier alpha value is -3.59. The zero-order valence-electron chi connectivity index (χ0n) is 20.0. The number of benzene rings is 2. The fourth-order valence-electron chi connectivity index (χ4n) is 3.71. The number of thiazole rings is 1. The van der Waals surface area contributed by atoms with Crippen LogP contribution in [0.1, 0.15) is 42.3 Å². The van der Waals surface area contributed by atoms with Crippen LogP contribution in [0.4, 0.5) is 5.95 Å². The second-order valence-corrected chi connectivity index (χ2v) is 8.46. The van der Waals surface area contributed by atoms with Crippen LogP contribution in [0.2, 0.25) is 0 Å². The van der Waals surface area contributed by atoms with E-state index in [0.29, 0.717) is 47.6 Å². The third-order valence-corrected chi connectivity index (χ3v) is 5.95. The number of aryl methyl sites for hydroxylation is 2. The van der Waals surface area contributed by atoms with Crippen LogP contribution in [-0.4, -0.2) is 40.3 Å². The lowest BCUT2D eigenvalue weighted by molar-refractivity contribution is 0.102. The molecule has 0 bridgehead atoms. The summed E-state index contributed by atoms with van der Waals surface area (Å²) in [6.45, 7) is 11.1. The van der Waals surface area contributed by atoms with Crippen LogP contribution in [0.3, 0.4) is 0 Å². The molecule has 0 unspecified atom stereocenters. The molecule has 0 saturated heterocycles. The zero-order chi connectivity index (χ0) is 24.2. The molecule has 34 heavy (non-hydrogen) atoms. The minimum Gasteiger partial charge on any atom is -0.490 e. The summed E-state index contributed by atoms with van der Waals surface area (Å²) in [6.07, 6.45) is 0. The first kappa shape index (κ1) is 23.6. The van der Waals surface area contributed by atoms with Crippen molar-refractivity contribution in [3.05, 3.63) is 52.4 Å². The predicted octanol–water partition coefficient (Wildman–Crippen LogP) is 5.52. The minimum atomic E-state index is -0.365. The summed E-state index contributed by atoms with van der Waals surface area (Å²) in [5.41, 5.74) is 4.73. The van der Waals surface area contributed by atoms with Gasteiger partial charge in [-0.2, -0.15) is 4.98 Å². The lowest BCUT2D eigenvalue weighted by atomic mass is 10.0. The number of rotatable bonds is 9. The van der Waals surface area contributed by atoms with E-state index < -0.39 is 0 Å². The lowest BCUT2D eigenvalue weighted by Gasteiger charge is -2.16. The number of carbonyl (C=O) groups is 1. The number of hydrogen-bond donors (Lipinski definition) is 1. The van der Waals surface area contributed by atoms with Crippen molar-refractivity contribution in [3.63, 3.8) is 0 Å². The Kier molecular flexibility index (Phi) is 7.02. The first-order valence-corrected chi connectivity index (χ1v) is 12.1. The van der Waals surface area contributed by atoms with Gasteiger partial charge in [0.05, 0.1) is 25.5 Å². The largest absolute Gasteiger partial charge is 0.490 e. The summed E-state index contributed by atoms with van der Waals surface area (Å²) in [7, 11) is 0. The molecule has 1 amide bonds. The van der Waals surface area contributed by atoms with Crippen LogP contribution in [0.5, 0.6) is 17.2 Å². The molecule has 0 fully saturated rings. The number of amides is 1. The Morgan fingerprint density at radius 2 is 1.68 bits per heavy atom. The maximum absolute atomic E-state index is 13.1. The van der Waals surface area contributed by atoms with Crippen molar-refractivity contribution in [2.45, 2.75) is 34.6 Å². The number of aromatic nitrogens is 3. The van der Waals surface area contributed by atoms with Crippen LogP contribution < -0.4 is 19.5 Å². The summed E-state index contributed by atoms with van der Waals surface area (Å²) >= 11 is 1.47. The molecular formula is C25H28N4O4S. The van der Waals surface area contributed by atoms with E-state index in [1.54, 1.807) is 16.6 Å². The highest BCUT2D eigenvalue weighted by Crippen LogP contribution is 2.39. The van der Waals surface area contributed by atoms with Crippen molar-refractivity contribution in [3.8, 4) is 28.5 Å². The normalized spacial score (nSPS) is 11.0. The third kappa shape index (κ3) is 4.70. The second-order valence-electron chi connectivity index (χ2n) is 7.62. The fourth-order valence-corrected chi connectivity index (χ4v) is 4.54. The number of anilines is 1. The molecule has 0 radical (unpaired) electrons. The van der Waals surface area contributed by atoms with Gasteiger partial charge >= 0.3 is 0 Å². The highest BCUT2D eigenvalue weighted by molar-refractivity contribution is 7.15. The van der Waals surface area contributed by atoms with Crippen molar-refractivity contribution in [1.29, 1.82) is 0 Å². The molecule has 0 aliphatic carbocycles. The van der Waals surface area contributed by atoms with E-state index in [1.807, 2.05) is 26.2 Å². The van der Waals surface area contributed by atoms with E-state index in [-0.39, 0.29) is 11.9 Å². The summed E-state index contributed by atoms with van der Waals surface area (Å²) < 4.78 is 18.9. The topological polar surface area (TPSA) is 87.0 Å². The molecule has 9 heteroatoms.